The first-order chi connectivity index (χ1) is 9.76. The highest BCUT2D eigenvalue weighted by Gasteiger charge is 2.32. The van der Waals surface area contributed by atoms with Gasteiger partial charge in [-0.15, -0.1) is 0 Å². The lowest BCUT2D eigenvalue weighted by molar-refractivity contribution is 0.679. The third-order valence-electron chi connectivity index (χ3n) is 3.64. The molecule has 3 rings (SSSR count). The van der Waals surface area contributed by atoms with E-state index >= 15 is 0 Å². The summed E-state index contributed by atoms with van der Waals surface area (Å²) in [5.74, 6) is 0.668. The van der Waals surface area contributed by atoms with E-state index in [9.17, 15) is 0 Å². The van der Waals surface area contributed by atoms with Gasteiger partial charge in [-0.2, -0.15) is 5.26 Å². The SMILES string of the molecule is N#Cc1cccc(NC(c2ccc(Cl)cc2)C2CC2)c1. The predicted octanol–water partition coefficient (Wildman–Crippen LogP) is 4.77. The van der Waals surface area contributed by atoms with Crippen molar-refractivity contribution in [2.24, 2.45) is 5.92 Å². The summed E-state index contributed by atoms with van der Waals surface area (Å²) in [7, 11) is 0. The molecule has 0 bridgehead atoms. The number of anilines is 1. The van der Waals surface area contributed by atoms with Gasteiger partial charge < -0.3 is 5.32 Å². The lowest BCUT2D eigenvalue weighted by atomic mass is 10.0. The van der Waals surface area contributed by atoms with E-state index in [2.05, 4.69) is 23.5 Å². The largest absolute Gasteiger partial charge is 0.378 e. The Morgan fingerprint density at radius 3 is 2.55 bits per heavy atom. The fourth-order valence-corrected chi connectivity index (χ4v) is 2.56. The molecule has 20 heavy (non-hydrogen) atoms. The molecule has 3 heteroatoms. The van der Waals surface area contributed by atoms with Crippen molar-refractivity contribution in [3.05, 3.63) is 64.7 Å². The van der Waals surface area contributed by atoms with Gasteiger partial charge >= 0.3 is 0 Å². The molecule has 1 unspecified atom stereocenters. The van der Waals surface area contributed by atoms with Crippen LogP contribution in [0.3, 0.4) is 0 Å². The zero-order valence-electron chi connectivity index (χ0n) is 11.0. The summed E-state index contributed by atoms with van der Waals surface area (Å²) in [4.78, 5) is 0. The fraction of sp³-hybridized carbons (Fsp3) is 0.235. The molecule has 2 nitrogen and oxygen atoms in total. The molecule has 0 heterocycles. The summed E-state index contributed by atoms with van der Waals surface area (Å²) in [6.45, 7) is 0. The van der Waals surface area contributed by atoms with Crippen LogP contribution in [0, 0.1) is 17.2 Å². The fourth-order valence-electron chi connectivity index (χ4n) is 2.43. The van der Waals surface area contributed by atoms with E-state index in [4.69, 9.17) is 16.9 Å². The second kappa shape index (κ2) is 5.56. The van der Waals surface area contributed by atoms with Crippen LogP contribution in [0.4, 0.5) is 5.69 Å². The lowest BCUT2D eigenvalue weighted by Gasteiger charge is -2.20. The van der Waals surface area contributed by atoms with Gasteiger partial charge in [-0.1, -0.05) is 29.8 Å². The summed E-state index contributed by atoms with van der Waals surface area (Å²) < 4.78 is 0. The molecule has 0 amide bonds. The quantitative estimate of drug-likeness (QED) is 0.876. The van der Waals surface area contributed by atoms with E-state index in [1.54, 1.807) is 0 Å². The van der Waals surface area contributed by atoms with Crippen molar-refractivity contribution in [3.63, 3.8) is 0 Å². The maximum atomic E-state index is 8.97. The van der Waals surface area contributed by atoms with Crippen molar-refractivity contribution in [2.45, 2.75) is 18.9 Å². The molecule has 1 aliphatic rings. The Morgan fingerprint density at radius 2 is 1.90 bits per heavy atom. The first-order valence-electron chi connectivity index (χ1n) is 6.78. The van der Waals surface area contributed by atoms with Gasteiger partial charge in [-0.25, -0.2) is 0 Å². The van der Waals surface area contributed by atoms with Gasteiger partial charge in [-0.3, -0.25) is 0 Å². The van der Waals surface area contributed by atoms with Crippen LogP contribution >= 0.6 is 11.6 Å². The molecule has 1 N–H and O–H groups in total. The maximum absolute atomic E-state index is 8.97. The second-order valence-electron chi connectivity index (χ2n) is 5.20. The minimum absolute atomic E-state index is 0.293. The molecule has 2 aromatic carbocycles. The van der Waals surface area contributed by atoms with E-state index < -0.39 is 0 Å². The molecule has 0 radical (unpaired) electrons. The predicted molar refractivity (Wildman–Crippen MR) is 81.7 cm³/mol. The average Bonchev–Trinajstić information content (AvgIpc) is 3.31. The Kier molecular flexibility index (Phi) is 3.62. The summed E-state index contributed by atoms with van der Waals surface area (Å²) in [5.41, 5.74) is 2.93. The smallest absolute Gasteiger partial charge is 0.0992 e. The first-order valence-corrected chi connectivity index (χ1v) is 7.16. The molecule has 1 saturated carbocycles. The van der Waals surface area contributed by atoms with Crippen molar-refractivity contribution >= 4 is 17.3 Å². The molecular formula is C17H15ClN2. The third-order valence-corrected chi connectivity index (χ3v) is 3.89. The first kappa shape index (κ1) is 13.0. The highest BCUT2D eigenvalue weighted by atomic mass is 35.5. The van der Waals surface area contributed by atoms with Crippen LogP contribution < -0.4 is 5.32 Å². The Labute approximate surface area is 124 Å². The van der Waals surface area contributed by atoms with Crippen LogP contribution in [0.25, 0.3) is 0 Å². The highest BCUT2D eigenvalue weighted by Crippen LogP contribution is 2.43. The second-order valence-corrected chi connectivity index (χ2v) is 5.64. The maximum Gasteiger partial charge on any atom is 0.0992 e. The van der Waals surface area contributed by atoms with E-state index in [0.717, 1.165) is 10.7 Å². The topological polar surface area (TPSA) is 35.8 Å². The van der Waals surface area contributed by atoms with E-state index in [-0.39, 0.29) is 0 Å². The monoisotopic (exact) mass is 282 g/mol. The van der Waals surface area contributed by atoms with Gasteiger partial charge in [0.25, 0.3) is 0 Å². The van der Waals surface area contributed by atoms with Gasteiger partial charge in [0.1, 0.15) is 0 Å². The molecule has 1 fully saturated rings. The number of rotatable bonds is 4. The number of halogens is 1. The summed E-state index contributed by atoms with van der Waals surface area (Å²) in [5, 5.41) is 13.3. The van der Waals surface area contributed by atoms with E-state index in [1.807, 2.05) is 36.4 Å². The number of nitrogens with one attached hydrogen (secondary N) is 1. The van der Waals surface area contributed by atoms with Gasteiger partial charge in [0.15, 0.2) is 0 Å². The van der Waals surface area contributed by atoms with Crippen LogP contribution in [0.2, 0.25) is 5.02 Å². The Balaban J connectivity index is 1.84. The average molecular weight is 283 g/mol. The summed E-state index contributed by atoms with van der Waals surface area (Å²) in [6, 6.07) is 18.1. The van der Waals surface area contributed by atoms with Crippen LogP contribution in [-0.2, 0) is 0 Å². The van der Waals surface area contributed by atoms with Crippen molar-refractivity contribution < 1.29 is 0 Å². The minimum Gasteiger partial charge on any atom is -0.378 e. The normalized spacial score (nSPS) is 15.4. The van der Waals surface area contributed by atoms with Crippen LogP contribution in [0.1, 0.15) is 30.0 Å². The zero-order chi connectivity index (χ0) is 13.9. The van der Waals surface area contributed by atoms with Gasteiger partial charge in [0.2, 0.25) is 0 Å². The number of nitriles is 1. The summed E-state index contributed by atoms with van der Waals surface area (Å²) in [6.07, 6.45) is 2.50. The van der Waals surface area contributed by atoms with Crippen molar-refractivity contribution in [3.8, 4) is 6.07 Å². The van der Waals surface area contributed by atoms with Crippen molar-refractivity contribution in [1.82, 2.24) is 0 Å². The molecule has 1 atom stereocenters. The Hall–Kier alpha value is -1.98. The highest BCUT2D eigenvalue weighted by molar-refractivity contribution is 6.30. The summed E-state index contributed by atoms with van der Waals surface area (Å²) >= 11 is 5.95. The molecule has 100 valence electrons. The minimum atomic E-state index is 0.293. The Morgan fingerprint density at radius 1 is 1.15 bits per heavy atom. The van der Waals surface area contributed by atoms with E-state index in [1.165, 1.54) is 18.4 Å². The molecule has 2 aromatic rings. The van der Waals surface area contributed by atoms with Crippen LogP contribution in [0.15, 0.2) is 48.5 Å². The number of nitrogens with zero attached hydrogens (tertiary/aromatic N) is 1. The van der Waals surface area contributed by atoms with E-state index in [0.29, 0.717) is 17.5 Å². The van der Waals surface area contributed by atoms with Crippen molar-refractivity contribution in [1.29, 1.82) is 5.26 Å². The van der Waals surface area contributed by atoms with Crippen LogP contribution in [-0.4, -0.2) is 0 Å². The van der Waals surface area contributed by atoms with Gasteiger partial charge in [0, 0.05) is 10.7 Å². The molecule has 1 aliphatic carbocycles. The third kappa shape index (κ3) is 2.95. The molecule has 0 aliphatic heterocycles. The van der Waals surface area contributed by atoms with Crippen molar-refractivity contribution in [2.75, 3.05) is 5.32 Å². The molecule has 0 aromatic heterocycles. The van der Waals surface area contributed by atoms with Crippen LogP contribution in [0.5, 0.6) is 0 Å². The standard InChI is InChI=1S/C17H15ClN2/c18-15-8-6-14(7-9-15)17(13-4-5-13)20-16-3-1-2-12(10-16)11-19/h1-3,6-10,13,17,20H,4-5H2. The molecule has 0 saturated heterocycles. The Bertz CT molecular complexity index is 639. The number of benzene rings is 2. The zero-order valence-corrected chi connectivity index (χ0v) is 11.8. The molecular weight excluding hydrogens is 268 g/mol. The molecule has 0 spiro atoms. The lowest BCUT2D eigenvalue weighted by Crippen LogP contribution is -2.12. The van der Waals surface area contributed by atoms with Gasteiger partial charge in [-0.05, 0) is 54.7 Å². The van der Waals surface area contributed by atoms with Gasteiger partial charge in [0.05, 0.1) is 17.7 Å². The number of hydrogen-bond donors (Lipinski definition) is 1. The number of hydrogen-bond acceptors (Lipinski definition) is 2.